The largest absolute Gasteiger partial charge is 0.466 e. The number of hydrogen-bond acceptors (Lipinski definition) is 7. The molecular weight excluding hydrogens is 280 g/mol. The van der Waals surface area contributed by atoms with Gasteiger partial charge in [0.25, 0.3) is 0 Å². The zero-order valence-electron chi connectivity index (χ0n) is 12.7. The van der Waals surface area contributed by atoms with E-state index in [1.54, 1.807) is 13.8 Å². The summed E-state index contributed by atoms with van der Waals surface area (Å²) < 4.78 is 14.7. The molecule has 0 aromatic heterocycles. The Morgan fingerprint density at radius 3 is 1.57 bits per heavy atom. The first kappa shape index (κ1) is 19.8. The number of aliphatic hydroxyl groups excluding tert-OH is 2. The van der Waals surface area contributed by atoms with Gasteiger partial charge in [-0.05, 0) is 26.7 Å². The van der Waals surface area contributed by atoms with Crippen LogP contribution in [-0.4, -0.2) is 60.8 Å². The molecule has 0 spiro atoms. The fraction of sp³-hybridized carbons (Fsp3) is 0.857. The van der Waals surface area contributed by atoms with Gasteiger partial charge in [0.15, 0.2) is 0 Å². The average molecular weight is 306 g/mol. The number of rotatable bonds is 12. The third kappa shape index (κ3) is 12.3. The van der Waals surface area contributed by atoms with Gasteiger partial charge >= 0.3 is 11.9 Å². The molecule has 124 valence electrons. The van der Waals surface area contributed by atoms with Gasteiger partial charge in [0.05, 0.1) is 38.3 Å². The highest BCUT2D eigenvalue weighted by Crippen LogP contribution is 2.03. The lowest BCUT2D eigenvalue weighted by molar-refractivity contribution is -0.146. The Morgan fingerprint density at radius 2 is 1.24 bits per heavy atom. The second kappa shape index (κ2) is 12.6. The minimum atomic E-state index is -0.798. The Balaban J connectivity index is 3.54. The lowest BCUT2D eigenvalue weighted by Crippen LogP contribution is -2.19. The molecule has 0 aromatic rings. The average Bonchev–Trinajstić information content (AvgIpc) is 2.38. The molecule has 7 nitrogen and oxygen atoms in total. The minimum Gasteiger partial charge on any atom is -0.466 e. The van der Waals surface area contributed by atoms with Crippen molar-refractivity contribution in [3.05, 3.63) is 0 Å². The lowest BCUT2D eigenvalue weighted by atomic mass is 10.2. The summed E-state index contributed by atoms with van der Waals surface area (Å²) in [6.07, 6.45) is -1.08. The molecule has 0 aliphatic rings. The van der Waals surface area contributed by atoms with Crippen LogP contribution in [0.15, 0.2) is 0 Å². The van der Waals surface area contributed by atoms with Crippen molar-refractivity contribution in [2.75, 3.05) is 26.4 Å². The van der Waals surface area contributed by atoms with Crippen molar-refractivity contribution in [1.82, 2.24) is 0 Å². The van der Waals surface area contributed by atoms with Gasteiger partial charge in [-0.3, -0.25) is 9.59 Å². The van der Waals surface area contributed by atoms with Crippen molar-refractivity contribution in [3.63, 3.8) is 0 Å². The van der Waals surface area contributed by atoms with E-state index in [1.165, 1.54) is 0 Å². The number of esters is 2. The van der Waals surface area contributed by atoms with Crippen molar-refractivity contribution in [2.45, 2.75) is 51.7 Å². The SMILES string of the molecule is CCOC(=O)CC(O)CCOCCC(O)CC(=O)OCC. The molecule has 2 atom stereocenters. The summed E-state index contributed by atoms with van der Waals surface area (Å²) >= 11 is 0. The Bertz CT molecular complexity index is 265. The summed E-state index contributed by atoms with van der Waals surface area (Å²) in [6.45, 7) is 4.53. The first-order chi connectivity index (χ1) is 9.99. The maximum Gasteiger partial charge on any atom is 0.308 e. The predicted octanol–water partition coefficient (Wildman–Crippen LogP) is 0.411. The van der Waals surface area contributed by atoms with Crippen LogP contribution in [0.3, 0.4) is 0 Å². The summed E-state index contributed by atoms with van der Waals surface area (Å²) in [6, 6.07) is 0. The van der Waals surface area contributed by atoms with Gasteiger partial charge < -0.3 is 24.4 Å². The monoisotopic (exact) mass is 306 g/mol. The van der Waals surface area contributed by atoms with Crippen LogP contribution in [0.5, 0.6) is 0 Å². The Hall–Kier alpha value is -1.18. The van der Waals surface area contributed by atoms with Crippen LogP contribution in [0.2, 0.25) is 0 Å². The number of carbonyl (C=O) groups is 2. The zero-order valence-corrected chi connectivity index (χ0v) is 12.7. The second-order valence-corrected chi connectivity index (χ2v) is 4.52. The normalized spacial score (nSPS) is 13.5. The second-order valence-electron chi connectivity index (χ2n) is 4.52. The van der Waals surface area contributed by atoms with Gasteiger partial charge in [-0.15, -0.1) is 0 Å². The van der Waals surface area contributed by atoms with Crippen LogP contribution in [0, 0.1) is 0 Å². The van der Waals surface area contributed by atoms with Gasteiger partial charge in [0.2, 0.25) is 0 Å². The molecule has 7 heteroatoms. The maximum atomic E-state index is 11.1. The highest BCUT2D eigenvalue weighted by Gasteiger charge is 2.13. The molecule has 0 heterocycles. The zero-order chi connectivity index (χ0) is 16.1. The van der Waals surface area contributed by atoms with Crippen LogP contribution >= 0.6 is 0 Å². The van der Waals surface area contributed by atoms with E-state index in [1.807, 2.05) is 0 Å². The number of hydrogen-bond donors (Lipinski definition) is 2. The van der Waals surface area contributed by atoms with E-state index >= 15 is 0 Å². The number of carbonyl (C=O) groups excluding carboxylic acids is 2. The highest BCUT2D eigenvalue weighted by molar-refractivity contribution is 5.70. The minimum absolute atomic E-state index is 0.0529. The number of ether oxygens (including phenoxy) is 3. The molecule has 2 N–H and O–H groups in total. The van der Waals surface area contributed by atoms with Gasteiger partial charge in [0, 0.05) is 13.2 Å². The molecule has 0 saturated heterocycles. The maximum absolute atomic E-state index is 11.1. The standard InChI is InChI=1S/C14H26O7/c1-3-20-13(17)9-11(15)5-7-19-8-6-12(16)10-14(18)21-4-2/h11-12,15-16H,3-10H2,1-2H3. The van der Waals surface area contributed by atoms with E-state index in [-0.39, 0.29) is 26.1 Å². The van der Waals surface area contributed by atoms with Gasteiger partial charge in [-0.1, -0.05) is 0 Å². The first-order valence-electron chi connectivity index (χ1n) is 7.24. The fourth-order valence-electron chi connectivity index (χ4n) is 1.57. The van der Waals surface area contributed by atoms with E-state index in [4.69, 9.17) is 14.2 Å². The lowest BCUT2D eigenvalue weighted by Gasteiger charge is -2.12. The Morgan fingerprint density at radius 1 is 0.857 bits per heavy atom. The summed E-state index contributed by atoms with van der Waals surface area (Å²) in [4.78, 5) is 22.2. The van der Waals surface area contributed by atoms with E-state index < -0.39 is 24.1 Å². The van der Waals surface area contributed by atoms with Crippen molar-refractivity contribution in [3.8, 4) is 0 Å². The first-order valence-corrected chi connectivity index (χ1v) is 7.24. The van der Waals surface area contributed by atoms with Crippen molar-refractivity contribution >= 4 is 11.9 Å². The molecular formula is C14H26O7. The fourth-order valence-corrected chi connectivity index (χ4v) is 1.57. The molecule has 0 radical (unpaired) electrons. The smallest absolute Gasteiger partial charge is 0.308 e. The van der Waals surface area contributed by atoms with Crippen molar-refractivity contribution < 1.29 is 34.0 Å². The van der Waals surface area contributed by atoms with Gasteiger partial charge in [-0.2, -0.15) is 0 Å². The molecule has 0 fully saturated rings. The Kier molecular flexibility index (Phi) is 11.8. The summed E-state index contributed by atoms with van der Waals surface area (Å²) in [5, 5.41) is 19.1. The predicted molar refractivity (Wildman–Crippen MR) is 74.6 cm³/mol. The quantitative estimate of drug-likeness (QED) is 0.398. The molecule has 0 saturated carbocycles. The molecule has 21 heavy (non-hydrogen) atoms. The molecule has 2 unspecified atom stereocenters. The van der Waals surface area contributed by atoms with Crippen molar-refractivity contribution in [1.29, 1.82) is 0 Å². The summed E-state index contributed by atoms with van der Waals surface area (Å²) in [5.41, 5.74) is 0. The molecule has 0 rings (SSSR count). The van der Waals surface area contributed by atoms with Gasteiger partial charge in [-0.25, -0.2) is 0 Å². The Labute approximate surface area is 125 Å². The molecule has 0 aliphatic heterocycles. The van der Waals surface area contributed by atoms with Crippen LogP contribution in [-0.2, 0) is 23.8 Å². The molecule has 0 bridgehead atoms. The van der Waals surface area contributed by atoms with Crippen LogP contribution in [0.4, 0.5) is 0 Å². The topological polar surface area (TPSA) is 102 Å². The van der Waals surface area contributed by atoms with E-state index in [0.717, 1.165) is 0 Å². The molecule has 0 aliphatic carbocycles. The van der Waals surface area contributed by atoms with Crippen LogP contribution in [0.1, 0.15) is 39.5 Å². The summed E-state index contributed by atoms with van der Waals surface area (Å²) in [5.74, 6) is -0.871. The molecule has 0 aromatic carbocycles. The highest BCUT2D eigenvalue weighted by atomic mass is 16.5. The molecule has 0 amide bonds. The van der Waals surface area contributed by atoms with Gasteiger partial charge in [0.1, 0.15) is 0 Å². The van der Waals surface area contributed by atoms with Crippen molar-refractivity contribution in [2.24, 2.45) is 0 Å². The van der Waals surface area contributed by atoms with Crippen LogP contribution in [0.25, 0.3) is 0 Å². The van der Waals surface area contributed by atoms with E-state index in [0.29, 0.717) is 26.1 Å². The van der Waals surface area contributed by atoms with E-state index in [9.17, 15) is 19.8 Å². The van der Waals surface area contributed by atoms with Crippen LogP contribution < -0.4 is 0 Å². The third-order valence-corrected chi connectivity index (χ3v) is 2.61. The van der Waals surface area contributed by atoms with E-state index in [2.05, 4.69) is 0 Å². The third-order valence-electron chi connectivity index (χ3n) is 2.61. The number of aliphatic hydroxyl groups is 2. The summed E-state index contributed by atoms with van der Waals surface area (Å²) in [7, 11) is 0.